The second kappa shape index (κ2) is 15.0. The maximum Gasteiger partial charge on any atom is 0.336 e. The largest absolute Gasteiger partial charge is 0.481 e. The molecular weight excluding hydrogens is 520 g/mol. The molecule has 218 valence electrons. The molecule has 0 aliphatic carbocycles. The maximum absolute atomic E-state index is 12.2. The van der Waals surface area contributed by atoms with Gasteiger partial charge in [0.25, 0.3) is 0 Å². The number of nitrogens with one attached hydrogen (secondary N) is 1. The van der Waals surface area contributed by atoms with Crippen molar-refractivity contribution in [3.63, 3.8) is 0 Å². The van der Waals surface area contributed by atoms with Crippen LogP contribution in [0.1, 0.15) is 38.7 Å². The zero-order chi connectivity index (χ0) is 29.9. The molecule has 0 spiro atoms. The van der Waals surface area contributed by atoms with Crippen LogP contribution in [0.25, 0.3) is 10.9 Å². The van der Waals surface area contributed by atoms with Crippen molar-refractivity contribution in [2.45, 2.75) is 57.8 Å². The lowest BCUT2D eigenvalue weighted by Gasteiger charge is -2.34. The number of hydrogen-bond acceptors (Lipinski definition) is 7. The molecule has 1 fully saturated rings. The van der Waals surface area contributed by atoms with Gasteiger partial charge in [0.05, 0.1) is 12.8 Å². The van der Waals surface area contributed by atoms with E-state index in [2.05, 4.69) is 50.0 Å². The Bertz CT molecular complexity index is 1210. The molecular formula is C28H38N4O8. The van der Waals surface area contributed by atoms with E-state index in [0.29, 0.717) is 6.54 Å². The van der Waals surface area contributed by atoms with E-state index in [9.17, 15) is 19.2 Å². The summed E-state index contributed by atoms with van der Waals surface area (Å²) >= 11 is 0. The van der Waals surface area contributed by atoms with Crippen LogP contribution in [-0.2, 0) is 32.3 Å². The average Bonchev–Trinajstić information content (AvgIpc) is 3.19. The van der Waals surface area contributed by atoms with Crippen LogP contribution in [0.15, 0.2) is 30.5 Å². The fourth-order valence-corrected chi connectivity index (χ4v) is 4.45. The van der Waals surface area contributed by atoms with Crippen LogP contribution in [0, 0.1) is 12.3 Å². The van der Waals surface area contributed by atoms with Gasteiger partial charge in [-0.25, -0.2) is 4.79 Å². The number of nitrogens with zero attached hydrogens (tertiary/aromatic N) is 3. The van der Waals surface area contributed by atoms with E-state index >= 15 is 0 Å². The fourth-order valence-electron chi connectivity index (χ4n) is 4.45. The van der Waals surface area contributed by atoms with Crippen LogP contribution in [0.5, 0.6) is 0 Å². The number of para-hydroxylation sites is 1. The quantitative estimate of drug-likeness (QED) is 0.237. The zero-order valence-electron chi connectivity index (χ0n) is 22.9. The first kappa shape index (κ1) is 32.3. The summed E-state index contributed by atoms with van der Waals surface area (Å²) in [6, 6.07) is 8.52. The van der Waals surface area contributed by atoms with Gasteiger partial charge in [-0.15, -0.1) is 12.3 Å². The number of benzene rings is 1. The highest BCUT2D eigenvalue weighted by Gasteiger charge is 2.40. The Hall–Kier alpha value is -3.92. The lowest BCUT2D eigenvalue weighted by Crippen LogP contribution is -2.46. The Kier molecular flexibility index (Phi) is 12.1. The minimum Gasteiger partial charge on any atom is -0.481 e. The van der Waals surface area contributed by atoms with Crippen molar-refractivity contribution < 1.29 is 39.6 Å². The molecule has 1 aliphatic heterocycles. The summed E-state index contributed by atoms with van der Waals surface area (Å²) in [7, 11) is 0. The third-order valence-electron chi connectivity index (χ3n) is 6.35. The molecule has 0 saturated carbocycles. The standard InChI is InChI=1S/C22H30N4O.C6H8O7/c1-4-5-10-24-11-13-25(14-12-24)15-19-16-26(17-22(27)23-18(2)3)21-9-7-6-8-20(19)21;7-3(8)1-6(13,5(11)12)2-4(9)10/h1,6-9,16,18H,5,10-15,17H2,2-3H3,(H,23,27);13H,1-2H2,(H,7,8)(H,9,10)(H,11,12). The highest BCUT2D eigenvalue weighted by Crippen LogP contribution is 2.23. The number of carboxylic acids is 3. The molecule has 0 radical (unpaired) electrons. The third kappa shape index (κ3) is 10.00. The number of fused-ring (bicyclic) bond motifs is 1. The van der Waals surface area contributed by atoms with E-state index in [1.54, 1.807) is 0 Å². The summed E-state index contributed by atoms with van der Waals surface area (Å²) in [6.07, 6.45) is 6.06. The topological polar surface area (TPSA) is 173 Å². The van der Waals surface area contributed by atoms with Gasteiger partial charge >= 0.3 is 17.9 Å². The third-order valence-corrected chi connectivity index (χ3v) is 6.35. The predicted molar refractivity (Wildman–Crippen MR) is 147 cm³/mol. The molecule has 3 rings (SSSR count). The van der Waals surface area contributed by atoms with Gasteiger partial charge in [0, 0.05) is 68.8 Å². The molecule has 1 amide bonds. The number of piperazine rings is 1. The zero-order valence-corrected chi connectivity index (χ0v) is 22.9. The van der Waals surface area contributed by atoms with Crippen LogP contribution in [0.4, 0.5) is 0 Å². The minimum absolute atomic E-state index is 0.0550. The normalized spacial score (nSPS) is 14.3. The van der Waals surface area contributed by atoms with Crippen LogP contribution in [0.2, 0.25) is 0 Å². The van der Waals surface area contributed by atoms with Crippen LogP contribution in [-0.4, -0.2) is 103 Å². The van der Waals surface area contributed by atoms with E-state index in [-0.39, 0.29) is 11.9 Å². The van der Waals surface area contributed by atoms with Gasteiger partial charge in [-0.05, 0) is 25.5 Å². The molecule has 0 atom stereocenters. The van der Waals surface area contributed by atoms with E-state index in [1.165, 1.54) is 10.9 Å². The van der Waals surface area contributed by atoms with Gasteiger partial charge in [-0.3, -0.25) is 24.2 Å². The molecule has 0 unspecified atom stereocenters. The summed E-state index contributed by atoms with van der Waals surface area (Å²) in [4.78, 5) is 47.6. The van der Waals surface area contributed by atoms with Crippen molar-refractivity contribution in [3.8, 4) is 12.3 Å². The number of carbonyl (C=O) groups is 4. The van der Waals surface area contributed by atoms with Crippen molar-refractivity contribution in [1.29, 1.82) is 0 Å². The lowest BCUT2D eigenvalue weighted by atomic mass is 9.96. The first-order valence-electron chi connectivity index (χ1n) is 13.0. The molecule has 1 aliphatic rings. The summed E-state index contributed by atoms with van der Waals surface area (Å²) in [6.45, 7) is 10.5. The maximum atomic E-state index is 12.2. The van der Waals surface area contributed by atoms with Gasteiger partial charge in [-0.1, -0.05) is 18.2 Å². The number of rotatable bonds is 12. The predicted octanol–water partition coefficient (Wildman–Crippen LogP) is 1.06. The molecule has 1 saturated heterocycles. The Morgan fingerprint density at radius 1 is 1.00 bits per heavy atom. The first-order valence-corrected chi connectivity index (χ1v) is 13.0. The smallest absolute Gasteiger partial charge is 0.336 e. The van der Waals surface area contributed by atoms with Crippen molar-refractivity contribution in [2.75, 3.05) is 32.7 Å². The van der Waals surface area contributed by atoms with Crippen molar-refractivity contribution in [2.24, 2.45) is 0 Å². The lowest BCUT2D eigenvalue weighted by molar-refractivity contribution is -0.170. The van der Waals surface area contributed by atoms with E-state index in [4.69, 9.17) is 26.8 Å². The van der Waals surface area contributed by atoms with E-state index in [0.717, 1.165) is 51.2 Å². The van der Waals surface area contributed by atoms with Crippen molar-refractivity contribution >= 4 is 34.7 Å². The first-order chi connectivity index (χ1) is 18.8. The summed E-state index contributed by atoms with van der Waals surface area (Å²) in [5.74, 6) is -2.24. The second-order valence-corrected chi connectivity index (χ2v) is 10.1. The van der Waals surface area contributed by atoms with E-state index in [1.807, 2.05) is 19.9 Å². The number of carbonyl (C=O) groups excluding carboxylic acids is 1. The average molecular weight is 559 g/mol. The van der Waals surface area contributed by atoms with Crippen molar-refractivity contribution in [1.82, 2.24) is 19.7 Å². The summed E-state index contributed by atoms with van der Waals surface area (Å²) in [5.41, 5.74) is -0.323. The number of hydrogen-bond donors (Lipinski definition) is 5. The number of aliphatic carboxylic acids is 3. The van der Waals surface area contributed by atoms with Crippen LogP contribution in [0.3, 0.4) is 0 Å². The van der Waals surface area contributed by atoms with E-state index < -0.39 is 36.4 Å². The fraction of sp³-hybridized carbons (Fsp3) is 0.500. The summed E-state index contributed by atoms with van der Waals surface area (Å²) < 4.78 is 2.07. The molecule has 0 bridgehead atoms. The SMILES string of the molecule is C#CCCN1CCN(Cc2cn(CC(=O)NC(C)C)c3ccccc23)CC1.O=C(O)CC(O)(CC(=O)O)C(=O)O. The van der Waals surface area contributed by atoms with Crippen LogP contribution < -0.4 is 5.32 Å². The monoisotopic (exact) mass is 558 g/mol. The molecule has 1 aromatic heterocycles. The van der Waals surface area contributed by atoms with Crippen molar-refractivity contribution in [3.05, 3.63) is 36.0 Å². The Morgan fingerprint density at radius 3 is 2.10 bits per heavy atom. The Morgan fingerprint density at radius 2 is 1.57 bits per heavy atom. The number of aromatic nitrogens is 1. The highest BCUT2D eigenvalue weighted by atomic mass is 16.4. The van der Waals surface area contributed by atoms with Gasteiger partial charge in [0.2, 0.25) is 5.91 Å². The molecule has 1 aromatic carbocycles. The number of aliphatic hydroxyl groups is 1. The molecule has 2 aromatic rings. The number of amides is 1. The molecule has 12 heteroatoms. The Labute approximate surface area is 233 Å². The Balaban J connectivity index is 0.000000366. The molecule has 12 nitrogen and oxygen atoms in total. The van der Waals surface area contributed by atoms with Gasteiger partial charge in [0.1, 0.15) is 6.54 Å². The number of carboxylic acid groups (broad SMARTS) is 3. The van der Waals surface area contributed by atoms with Crippen LogP contribution >= 0.6 is 0 Å². The summed E-state index contributed by atoms with van der Waals surface area (Å²) in [5, 5.41) is 38.0. The van der Waals surface area contributed by atoms with Gasteiger partial charge in [-0.2, -0.15) is 0 Å². The number of terminal acetylenes is 1. The van der Waals surface area contributed by atoms with Gasteiger partial charge < -0.3 is 30.3 Å². The molecule has 5 N–H and O–H groups in total. The minimum atomic E-state index is -2.74. The second-order valence-electron chi connectivity index (χ2n) is 10.1. The molecule has 40 heavy (non-hydrogen) atoms. The molecule has 2 heterocycles. The van der Waals surface area contributed by atoms with Gasteiger partial charge in [0.15, 0.2) is 5.60 Å². The highest BCUT2D eigenvalue weighted by molar-refractivity contribution is 5.88.